The lowest BCUT2D eigenvalue weighted by atomic mass is 10.1. The standard InChI is InChI=1S/C26H26N6O6S3/c1-17-3-7-22(8-4-17)41(37,38)31-14-13-23-26(31)27-16-24-28-29-25(32(23)24)18-5-6-19(15-18)30-40(35,36)21-11-9-20(10-12-21)39(2,33)34/h3-4,7-14,16,18-19,30H,5-6,15H2,1-2H3/t18-,19+/m1/s1. The predicted octanol–water partition coefficient (Wildman–Crippen LogP) is 2.64. The quantitative estimate of drug-likeness (QED) is 0.290. The van der Waals surface area contributed by atoms with Gasteiger partial charge in [-0.05, 0) is 68.7 Å². The fourth-order valence-corrected chi connectivity index (χ4v) is 8.42. The van der Waals surface area contributed by atoms with Crippen LogP contribution in [0.1, 0.15) is 36.6 Å². The van der Waals surface area contributed by atoms with Crippen LogP contribution in [0, 0.1) is 6.92 Å². The van der Waals surface area contributed by atoms with Gasteiger partial charge in [0.1, 0.15) is 5.82 Å². The van der Waals surface area contributed by atoms with E-state index in [0.29, 0.717) is 36.3 Å². The van der Waals surface area contributed by atoms with E-state index >= 15 is 0 Å². The molecule has 0 unspecified atom stereocenters. The highest BCUT2D eigenvalue weighted by atomic mass is 32.2. The van der Waals surface area contributed by atoms with Gasteiger partial charge < -0.3 is 0 Å². The Hall–Kier alpha value is -3.66. The van der Waals surface area contributed by atoms with Crippen LogP contribution in [0.15, 0.2) is 81.7 Å². The Bertz CT molecular complexity index is 2120. The number of fused-ring (bicyclic) bond motifs is 3. The van der Waals surface area contributed by atoms with Crippen molar-refractivity contribution in [1.82, 2.24) is 28.3 Å². The molecule has 2 atom stereocenters. The van der Waals surface area contributed by atoms with Crippen molar-refractivity contribution < 1.29 is 25.3 Å². The van der Waals surface area contributed by atoms with Crippen LogP contribution < -0.4 is 4.72 Å². The first-order valence-corrected chi connectivity index (χ1v) is 17.5. The van der Waals surface area contributed by atoms with E-state index in [1.165, 1.54) is 36.7 Å². The summed E-state index contributed by atoms with van der Waals surface area (Å²) in [5, 5.41) is 8.60. The number of aryl methyl sites for hydroxylation is 1. The van der Waals surface area contributed by atoms with Crippen LogP contribution in [0.5, 0.6) is 0 Å². The van der Waals surface area contributed by atoms with Gasteiger partial charge in [-0.3, -0.25) is 4.40 Å². The summed E-state index contributed by atoms with van der Waals surface area (Å²) in [6, 6.07) is 12.9. The van der Waals surface area contributed by atoms with E-state index < -0.39 is 29.9 Å². The molecule has 0 bridgehead atoms. The number of sulfonamides is 1. The van der Waals surface area contributed by atoms with Crippen LogP contribution >= 0.6 is 0 Å². The van der Waals surface area contributed by atoms with Gasteiger partial charge in [-0.2, -0.15) is 0 Å². The summed E-state index contributed by atoms with van der Waals surface area (Å²) in [6.07, 6.45) is 5.62. The molecule has 6 rings (SSSR count). The van der Waals surface area contributed by atoms with Gasteiger partial charge in [-0.1, -0.05) is 17.7 Å². The van der Waals surface area contributed by atoms with Crippen LogP contribution in [-0.4, -0.2) is 61.1 Å². The first kappa shape index (κ1) is 27.5. The predicted molar refractivity (Wildman–Crippen MR) is 150 cm³/mol. The van der Waals surface area contributed by atoms with Gasteiger partial charge in [0.2, 0.25) is 10.0 Å². The summed E-state index contributed by atoms with van der Waals surface area (Å²) in [5.74, 6) is 0.449. The molecule has 12 nitrogen and oxygen atoms in total. The summed E-state index contributed by atoms with van der Waals surface area (Å²) in [7, 11) is -11.2. The number of aromatic nitrogens is 5. The SMILES string of the molecule is Cc1ccc(S(=O)(=O)n2ccc3c2ncc2nnc([C@@H]4CC[C@H](NS(=O)(=O)c5ccc(S(C)(=O)=O)cc5)C4)n23)cc1. The Morgan fingerprint density at radius 1 is 0.829 bits per heavy atom. The summed E-state index contributed by atoms with van der Waals surface area (Å²) in [4.78, 5) is 4.53. The van der Waals surface area contributed by atoms with Crippen molar-refractivity contribution in [3.8, 4) is 0 Å². The summed E-state index contributed by atoms with van der Waals surface area (Å²) < 4.78 is 81.8. The molecule has 5 aromatic rings. The lowest BCUT2D eigenvalue weighted by Gasteiger charge is -2.14. The molecule has 0 amide bonds. The molecule has 1 aliphatic carbocycles. The van der Waals surface area contributed by atoms with Crippen molar-refractivity contribution in [2.24, 2.45) is 0 Å². The number of benzene rings is 2. The highest BCUT2D eigenvalue weighted by Crippen LogP contribution is 2.35. The molecule has 0 spiro atoms. The largest absolute Gasteiger partial charge is 0.274 e. The van der Waals surface area contributed by atoms with Gasteiger partial charge in [-0.15, -0.1) is 10.2 Å². The van der Waals surface area contributed by atoms with Gasteiger partial charge in [0.25, 0.3) is 10.0 Å². The third-order valence-corrected chi connectivity index (χ3v) is 11.7. The Morgan fingerprint density at radius 3 is 2.17 bits per heavy atom. The maximum Gasteiger partial charge on any atom is 0.269 e. The highest BCUT2D eigenvalue weighted by molar-refractivity contribution is 7.91. The van der Waals surface area contributed by atoms with Gasteiger partial charge in [-0.25, -0.2) is 38.9 Å². The normalized spacial score (nSPS) is 18.4. The lowest BCUT2D eigenvalue weighted by molar-refractivity contribution is 0.546. The minimum Gasteiger partial charge on any atom is -0.274 e. The van der Waals surface area contributed by atoms with E-state index in [0.717, 1.165) is 15.8 Å². The van der Waals surface area contributed by atoms with Crippen LogP contribution in [0.4, 0.5) is 0 Å². The second kappa shape index (κ2) is 9.72. The minimum absolute atomic E-state index is 0.0230. The van der Waals surface area contributed by atoms with Crippen molar-refractivity contribution in [2.45, 2.75) is 52.8 Å². The lowest BCUT2D eigenvalue weighted by Crippen LogP contribution is -2.33. The molecule has 1 N–H and O–H groups in total. The number of sulfone groups is 1. The molecule has 3 aromatic heterocycles. The molecule has 214 valence electrons. The Labute approximate surface area is 237 Å². The summed E-state index contributed by atoms with van der Waals surface area (Å²) in [5.41, 5.74) is 2.14. The Morgan fingerprint density at radius 2 is 1.49 bits per heavy atom. The molecule has 0 radical (unpaired) electrons. The summed E-state index contributed by atoms with van der Waals surface area (Å²) in [6.45, 7) is 1.88. The van der Waals surface area contributed by atoms with Crippen LogP contribution in [0.25, 0.3) is 16.8 Å². The van der Waals surface area contributed by atoms with E-state index in [2.05, 4.69) is 19.9 Å². The van der Waals surface area contributed by atoms with E-state index in [1.807, 2.05) is 6.92 Å². The third kappa shape index (κ3) is 4.92. The maximum atomic E-state index is 13.4. The van der Waals surface area contributed by atoms with Crippen molar-refractivity contribution >= 4 is 46.7 Å². The number of hydrogen-bond donors (Lipinski definition) is 1. The van der Waals surface area contributed by atoms with E-state index in [4.69, 9.17) is 0 Å². The maximum absolute atomic E-state index is 13.4. The molecule has 0 aliphatic heterocycles. The number of rotatable bonds is 7. The molecular formula is C26H26N6O6S3. The zero-order chi connectivity index (χ0) is 29.2. The van der Waals surface area contributed by atoms with E-state index in [-0.39, 0.29) is 32.3 Å². The first-order chi connectivity index (χ1) is 19.3. The molecule has 1 saturated carbocycles. The zero-order valence-electron chi connectivity index (χ0n) is 22.0. The van der Waals surface area contributed by atoms with Gasteiger partial charge in [0, 0.05) is 24.4 Å². The fraction of sp³-hybridized carbons (Fsp3) is 0.269. The highest BCUT2D eigenvalue weighted by Gasteiger charge is 2.33. The first-order valence-electron chi connectivity index (χ1n) is 12.7. The van der Waals surface area contributed by atoms with Crippen LogP contribution in [0.3, 0.4) is 0 Å². The van der Waals surface area contributed by atoms with Crippen molar-refractivity contribution in [2.75, 3.05) is 6.26 Å². The molecular weight excluding hydrogens is 589 g/mol. The topological polar surface area (TPSA) is 162 Å². The molecule has 2 aromatic carbocycles. The van der Waals surface area contributed by atoms with Gasteiger partial charge in [0.15, 0.2) is 21.1 Å². The van der Waals surface area contributed by atoms with Crippen LogP contribution in [0.2, 0.25) is 0 Å². The number of nitrogens with zero attached hydrogens (tertiary/aromatic N) is 5. The molecule has 1 aliphatic rings. The zero-order valence-corrected chi connectivity index (χ0v) is 24.5. The smallest absolute Gasteiger partial charge is 0.269 e. The molecule has 0 saturated heterocycles. The van der Waals surface area contributed by atoms with E-state index in [1.54, 1.807) is 34.7 Å². The number of nitrogens with one attached hydrogen (secondary N) is 1. The van der Waals surface area contributed by atoms with Crippen molar-refractivity contribution in [1.29, 1.82) is 0 Å². The average Bonchev–Trinajstić information content (AvgIpc) is 3.66. The second-order valence-corrected chi connectivity index (χ2v) is 15.8. The minimum atomic E-state index is -3.90. The van der Waals surface area contributed by atoms with E-state index in [9.17, 15) is 25.3 Å². The molecule has 3 heterocycles. The second-order valence-electron chi connectivity index (χ2n) is 10.2. The fourth-order valence-electron chi connectivity index (χ4n) is 5.21. The third-order valence-electron chi connectivity index (χ3n) is 7.32. The molecule has 41 heavy (non-hydrogen) atoms. The van der Waals surface area contributed by atoms with Crippen molar-refractivity contribution in [3.05, 3.63) is 78.4 Å². The summed E-state index contributed by atoms with van der Waals surface area (Å²) >= 11 is 0. The monoisotopic (exact) mass is 614 g/mol. The average molecular weight is 615 g/mol. The molecule has 15 heteroatoms. The Kier molecular flexibility index (Phi) is 6.52. The number of hydrogen-bond acceptors (Lipinski definition) is 9. The molecule has 1 fully saturated rings. The van der Waals surface area contributed by atoms with Crippen LogP contribution in [-0.2, 0) is 29.9 Å². The van der Waals surface area contributed by atoms with Gasteiger partial charge >= 0.3 is 0 Å². The Balaban J connectivity index is 1.28. The van der Waals surface area contributed by atoms with Gasteiger partial charge in [0.05, 0.1) is 26.4 Å². The van der Waals surface area contributed by atoms with Crippen molar-refractivity contribution in [3.63, 3.8) is 0 Å².